The van der Waals surface area contributed by atoms with Crippen LogP contribution in [-0.2, 0) is 11.2 Å². The van der Waals surface area contributed by atoms with E-state index >= 15 is 0 Å². The number of amides is 1. The lowest BCUT2D eigenvalue weighted by atomic mass is 9.93. The third kappa shape index (κ3) is 5.34. The molecule has 2 N–H and O–H groups in total. The summed E-state index contributed by atoms with van der Waals surface area (Å²) in [6, 6.07) is 16.3. The molecule has 0 aromatic heterocycles. The van der Waals surface area contributed by atoms with Crippen LogP contribution < -0.4 is 14.8 Å². The molecule has 1 aliphatic heterocycles. The van der Waals surface area contributed by atoms with Crippen molar-refractivity contribution in [1.82, 2.24) is 5.32 Å². The number of rotatable bonds is 7. The number of ether oxygens (including phenoxy) is 2. The molecule has 0 spiro atoms. The summed E-state index contributed by atoms with van der Waals surface area (Å²) in [7, 11) is 0. The molecule has 3 aromatic rings. The first-order valence-corrected chi connectivity index (χ1v) is 11.5. The zero-order chi connectivity index (χ0) is 24.2. The molecule has 0 saturated carbocycles. The van der Waals surface area contributed by atoms with Crippen LogP contribution in [0, 0.1) is 13.8 Å². The Labute approximate surface area is 203 Å². The van der Waals surface area contributed by atoms with Crippen LogP contribution in [0.15, 0.2) is 54.6 Å². The summed E-state index contributed by atoms with van der Waals surface area (Å²) in [6.45, 7) is 5.00. The van der Waals surface area contributed by atoms with E-state index in [1.165, 1.54) is 16.7 Å². The number of carbonyl (C=O) groups is 2. The highest BCUT2D eigenvalue weighted by molar-refractivity contribution is 6.32. The van der Waals surface area contributed by atoms with Gasteiger partial charge in [-0.25, -0.2) is 0 Å². The number of carbonyl (C=O) groups excluding carboxylic acids is 1. The van der Waals surface area contributed by atoms with Crippen LogP contribution in [0.5, 0.6) is 17.2 Å². The minimum atomic E-state index is -0.905. The number of aliphatic carboxylic acids is 1. The summed E-state index contributed by atoms with van der Waals surface area (Å²) in [6.07, 6.45) is 1.16. The Morgan fingerprint density at radius 1 is 1.12 bits per heavy atom. The maximum atomic E-state index is 12.5. The largest absolute Gasteiger partial charge is 0.493 e. The summed E-state index contributed by atoms with van der Waals surface area (Å²) in [5.74, 6) is -0.398. The topological polar surface area (TPSA) is 84.9 Å². The van der Waals surface area contributed by atoms with Gasteiger partial charge < -0.3 is 19.9 Å². The molecule has 34 heavy (non-hydrogen) atoms. The van der Waals surface area contributed by atoms with Crippen molar-refractivity contribution in [3.05, 3.63) is 87.4 Å². The number of hydrogen-bond acceptors (Lipinski definition) is 4. The van der Waals surface area contributed by atoms with Gasteiger partial charge in [0.1, 0.15) is 17.2 Å². The van der Waals surface area contributed by atoms with E-state index in [9.17, 15) is 14.7 Å². The Balaban J connectivity index is 1.38. The van der Waals surface area contributed by atoms with Crippen molar-refractivity contribution in [3.63, 3.8) is 0 Å². The lowest BCUT2D eigenvalue weighted by Crippen LogP contribution is -2.25. The van der Waals surface area contributed by atoms with E-state index in [1.807, 2.05) is 0 Å². The van der Waals surface area contributed by atoms with Crippen molar-refractivity contribution >= 4 is 23.5 Å². The lowest BCUT2D eigenvalue weighted by Gasteiger charge is -2.24. The van der Waals surface area contributed by atoms with Crippen LogP contribution in [-0.4, -0.2) is 30.1 Å². The summed E-state index contributed by atoms with van der Waals surface area (Å²) in [4.78, 5) is 24.0. The van der Waals surface area contributed by atoms with Crippen molar-refractivity contribution < 1.29 is 24.2 Å². The Bertz CT molecular complexity index is 1220. The van der Waals surface area contributed by atoms with E-state index in [0.717, 1.165) is 6.42 Å². The van der Waals surface area contributed by atoms with E-state index in [0.29, 0.717) is 53.0 Å². The van der Waals surface area contributed by atoms with Gasteiger partial charge in [0.25, 0.3) is 5.91 Å². The highest BCUT2D eigenvalue weighted by Gasteiger charge is 2.29. The fourth-order valence-corrected chi connectivity index (χ4v) is 4.28. The van der Waals surface area contributed by atoms with Gasteiger partial charge in [0.15, 0.2) is 0 Å². The molecule has 1 amide bonds. The zero-order valence-corrected chi connectivity index (χ0v) is 19.8. The molecule has 0 radical (unpaired) electrons. The molecule has 0 bridgehead atoms. The van der Waals surface area contributed by atoms with Gasteiger partial charge in [-0.3, -0.25) is 9.59 Å². The molecule has 7 heteroatoms. The normalized spacial score (nSPS) is 14.6. The Morgan fingerprint density at radius 2 is 1.88 bits per heavy atom. The molecule has 3 aromatic carbocycles. The molecule has 6 nitrogen and oxygen atoms in total. The van der Waals surface area contributed by atoms with Gasteiger partial charge in [-0.2, -0.15) is 0 Å². The third-order valence-corrected chi connectivity index (χ3v) is 6.22. The zero-order valence-electron chi connectivity index (χ0n) is 19.1. The van der Waals surface area contributed by atoms with Crippen molar-refractivity contribution in [1.29, 1.82) is 0 Å². The minimum Gasteiger partial charge on any atom is -0.493 e. The van der Waals surface area contributed by atoms with Crippen LogP contribution in [0.3, 0.4) is 0 Å². The second kappa shape index (κ2) is 10.2. The lowest BCUT2D eigenvalue weighted by molar-refractivity contribution is -0.139. The number of benzene rings is 3. The first-order valence-electron chi connectivity index (χ1n) is 11.1. The van der Waals surface area contributed by atoms with Gasteiger partial charge in [0, 0.05) is 23.7 Å². The summed E-state index contributed by atoms with van der Waals surface area (Å²) in [5, 5.41) is 12.7. The smallest absolute Gasteiger partial charge is 0.311 e. The number of nitrogens with one attached hydrogen (secondary N) is 1. The van der Waals surface area contributed by atoms with Crippen LogP contribution in [0.2, 0.25) is 5.02 Å². The number of halogens is 1. The van der Waals surface area contributed by atoms with Crippen molar-refractivity contribution in [2.45, 2.75) is 32.6 Å². The standard InChI is InChI=1S/C27H26ClNO5/c1-16-3-4-18(17(2)13-16)9-11-29-26(30)19-5-7-20(8-6-19)34-25-15-24-22(14-23(25)28)21(27(31)32)10-12-33-24/h3-8,13-15,21H,9-12H2,1-2H3,(H,29,30)(H,31,32). The molecule has 0 fully saturated rings. The van der Waals surface area contributed by atoms with Crippen molar-refractivity contribution in [3.8, 4) is 17.2 Å². The van der Waals surface area contributed by atoms with Crippen molar-refractivity contribution in [2.75, 3.05) is 13.2 Å². The number of hydrogen-bond donors (Lipinski definition) is 2. The molecule has 1 unspecified atom stereocenters. The monoisotopic (exact) mass is 479 g/mol. The average Bonchev–Trinajstić information content (AvgIpc) is 2.81. The summed E-state index contributed by atoms with van der Waals surface area (Å²) >= 11 is 6.35. The number of aryl methyl sites for hydroxylation is 2. The maximum absolute atomic E-state index is 12.5. The number of carboxylic acid groups (broad SMARTS) is 1. The third-order valence-electron chi connectivity index (χ3n) is 5.92. The quantitative estimate of drug-likeness (QED) is 0.456. The first kappa shape index (κ1) is 23.6. The molecular weight excluding hydrogens is 454 g/mol. The van der Waals surface area contributed by atoms with E-state index < -0.39 is 11.9 Å². The molecule has 176 valence electrons. The first-order chi connectivity index (χ1) is 16.3. The molecule has 0 saturated heterocycles. The van der Waals surface area contributed by atoms with Crippen LogP contribution in [0.25, 0.3) is 0 Å². The molecule has 0 aliphatic carbocycles. The molecule has 1 atom stereocenters. The Kier molecular flexibility index (Phi) is 7.08. The molecular formula is C27H26ClNO5. The maximum Gasteiger partial charge on any atom is 0.311 e. The molecule has 1 aliphatic rings. The van der Waals surface area contributed by atoms with Crippen LogP contribution in [0.1, 0.15) is 45.0 Å². The molecule has 4 rings (SSSR count). The SMILES string of the molecule is Cc1ccc(CCNC(=O)c2ccc(Oc3cc4c(cc3Cl)C(C(=O)O)CCO4)cc2)c(C)c1. The van der Waals surface area contributed by atoms with Gasteiger partial charge in [0.2, 0.25) is 0 Å². The van der Waals surface area contributed by atoms with Gasteiger partial charge in [-0.05, 0) is 68.1 Å². The van der Waals surface area contributed by atoms with Gasteiger partial charge in [-0.15, -0.1) is 0 Å². The minimum absolute atomic E-state index is 0.156. The van der Waals surface area contributed by atoms with Gasteiger partial charge >= 0.3 is 5.97 Å². The van der Waals surface area contributed by atoms with E-state index in [4.69, 9.17) is 21.1 Å². The van der Waals surface area contributed by atoms with E-state index in [-0.39, 0.29) is 5.91 Å². The van der Waals surface area contributed by atoms with Crippen LogP contribution in [0.4, 0.5) is 0 Å². The summed E-state index contributed by atoms with van der Waals surface area (Å²) in [5.41, 5.74) is 4.73. The number of fused-ring (bicyclic) bond motifs is 1. The fourth-order valence-electron chi connectivity index (χ4n) is 4.06. The highest BCUT2D eigenvalue weighted by Crippen LogP contribution is 2.41. The Morgan fingerprint density at radius 3 is 2.59 bits per heavy atom. The molecule has 1 heterocycles. The average molecular weight is 480 g/mol. The van der Waals surface area contributed by atoms with Crippen molar-refractivity contribution in [2.24, 2.45) is 0 Å². The predicted octanol–water partition coefficient (Wildman–Crippen LogP) is 5.67. The van der Waals surface area contributed by atoms with E-state index in [1.54, 1.807) is 36.4 Å². The second-order valence-corrected chi connectivity index (χ2v) is 8.82. The Hall–Kier alpha value is -3.51. The van der Waals surface area contributed by atoms with E-state index in [2.05, 4.69) is 37.4 Å². The van der Waals surface area contributed by atoms with Crippen LogP contribution >= 0.6 is 11.6 Å². The second-order valence-electron chi connectivity index (χ2n) is 8.41. The fraction of sp³-hybridized carbons (Fsp3) is 0.259. The predicted molar refractivity (Wildman–Crippen MR) is 130 cm³/mol. The number of carboxylic acids is 1. The highest BCUT2D eigenvalue weighted by atomic mass is 35.5. The van der Waals surface area contributed by atoms with Gasteiger partial charge in [-0.1, -0.05) is 35.4 Å². The summed E-state index contributed by atoms with van der Waals surface area (Å²) < 4.78 is 11.5. The van der Waals surface area contributed by atoms with Gasteiger partial charge in [0.05, 0.1) is 17.5 Å².